The van der Waals surface area contributed by atoms with Crippen molar-refractivity contribution >= 4 is 29.4 Å². The second-order valence-corrected chi connectivity index (χ2v) is 8.65. The highest BCUT2D eigenvalue weighted by atomic mass is 32.2. The number of hydrogen-bond acceptors (Lipinski definition) is 5. The van der Waals surface area contributed by atoms with Crippen LogP contribution in [-0.2, 0) is 17.8 Å². The van der Waals surface area contributed by atoms with E-state index in [2.05, 4.69) is 29.7 Å². The molecule has 0 aromatic heterocycles. The van der Waals surface area contributed by atoms with Gasteiger partial charge in [0.05, 0.1) is 12.0 Å². The van der Waals surface area contributed by atoms with Crippen molar-refractivity contribution < 1.29 is 18.7 Å². The Morgan fingerprint density at radius 3 is 2.45 bits per heavy atom. The summed E-state index contributed by atoms with van der Waals surface area (Å²) in [4.78, 5) is 13.1. The molecule has 0 spiro atoms. The Hall–Kier alpha value is -3.45. The lowest BCUT2D eigenvalue weighted by Gasteiger charge is -2.13. The molecular formula is C26H25FN2O3S. The number of carbonyl (C=O) groups excluding carboxylic acids is 1. The summed E-state index contributed by atoms with van der Waals surface area (Å²) in [6.07, 6.45) is 2.82. The molecule has 170 valence electrons. The quantitative estimate of drug-likeness (QED) is 0.427. The molecule has 0 aliphatic carbocycles. The lowest BCUT2D eigenvalue weighted by molar-refractivity contribution is -0.116. The molecule has 3 aromatic rings. The van der Waals surface area contributed by atoms with Crippen molar-refractivity contribution in [2.75, 3.05) is 12.4 Å². The van der Waals surface area contributed by atoms with Gasteiger partial charge in [-0.1, -0.05) is 49.0 Å². The van der Waals surface area contributed by atoms with Crippen LogP contribution in [0.4, 0.5) is 10.1 Å². The number of benzene rings is 3. The fourth-order valence-corrected chi connectivity index (χ4v) is 4.32. The van der Waals surface area contributed by atoms with E-state index >= 15 is 0 Å². The highest BCUT2D eigenvalue weighted by Crippen LogP contribution is 2.33. The maximum Gasteiger partial charge on any atom is 0.260 e. The van der Waals surface area contributed by atoms with Crippen LogP contribution in [0.2, 0.25) is 0 Å². The van der Waals surface area contributed by atoms with E-state index in [1.54, 1.807) is 25.3 Å². The number of halogens is 1. The predicted octanol–water partition coefficient (Wildman–Crippen LogP) is 5.58. The minimum absolute atomic E-state index is 0.127. The first-order valence-electron chi connectivity index (χ1n) is 10.6. The number of methoxy groups -OCH3 is 1. The van der Waals surface area contributed by atoms with Crippen LogP contribution in [0.15, 0.2) is 71.6 Å². The Balaban J connectivity index is 1.41. The van der Waals surface area contributed by atoms with Crippen molar-refractivity contribution in [1.82, 2.24) is 5.32 Å². The zero-order valence-electron chi connectivity index (χ0n) is 18.4. The number of aryl methyl sites for hydroxylation is 1. The van der Waals surface area contributed by atoms with Crippen molar-refractivity contribution in [3.8, 4) is 11.5 Å². The molecule has 2 N–H and O–H groups in total. The molecule has 33 heavy (non-hydrogen) atoms. The highest BCUT2D eigenvalue weighted by Gasteiger charge is 2.27. The standard InChI is InChI=1S/C26H25FN2O3S/c1-3-17-6-11-21(12-7-17)28-26-29-25(30)24(33-26)15-19-8-13-22(23(14-19)31-2)32-16-18-4-9-20(27)10-5-18/h4-15,26,28H,3,16H2,1-2H3,(H,29,30)/b24-15-/t26-/m0/s1. The molecule has 0 unspecified atom stereocenters. The van der Waals surface area contributed by atoms with Gasteiger partial charge in [-0.15, -0.1) is 0 Å². The van der Waals surface area contributed by atoms with Crippen LogP contribution in [0.1, 0.15) is 23.6 Å². The summed E-state index contributed by atoms with van der Waals surface area (Å²) < 4.78 is 24.4. The van der Waals surface area contributed by atoms with Crippen LogP contribution in [-0.4, -0.2) is 18.5 Å². The van der Waals surface area contributed by atoms with Crippen LogP contribution in [0.3, 0.4) is 0 Å². The van der Waals surface area contributed by atoms with E-state index in [4.69, 9.17) is 9.47 Å². The van der Waals surface area contributed by atoms with Crippen molar-refractivity contribution in [2.45, 2.75) is 25.4 Å². The second-order valence-electron chi connectivity index (χ2n) is 7.50. The van der Waals surface area contributed by atoms with Crippen LogP contribution < -0.4 is 20.1 Å². The SMILES string of the molecule is CCc1ccc(N[C@H]2NC(=O)/C(=C/c3ccc(OCc4ccc(F)cc4)c(OC)c3)S2)cc1. The first-order chi connectivity index (χ1) is 16.0. The van der Waals surface area contributed by atoms with Crippen molar-refractivity contribution in [2.24, 2.45) is 0 Å². The Labute approximate surface area is 197 Å². The Kier molecular flexibility index (Phi) is 7.19. The first kappa shape index (κ1) is 22.7. The van der Waals surface area contributed by atoms with Crippen LogP contribution in [0, 0.1) is 5.82 Å². The normalized spacial score (nSPS) is 16.5. The van der Waals surface area contributed by atoms with Gasteiger partial charge in [0.2, 0.25) is 0 Å². The molecule has 1 aliphatic heterocycles. The molecule has 3 aromatic carbocycles. The lowest BCUT2D eigenvalue weighted by atomic mass is 10.1. The molecule has 1 heterocycles. The minimum atomic E-state index is -0.283. The van der Waals surface area contributed by atoms with E-state index in [0.717, 1.165) is 23.2 Å². The third-order valence-electron chi connectivity index (χ3n) is 5.18. The molecule has 0 saturated carbocycles. The molecular weight excluding hydrogens is 439 g/mol. The van der Waals surface area contributed by atoms with Gasteiger partial charge >= 0.3 is 0 Å². The topological polar surface area (TPSA) is 59.6 Å². The molecule has 1 amide bonds. The summed E-state index contributed by atoms with van der Waals surface area (Å²) in [5, 5.41) is 6.27. The van der Waals surface area contributed by atoms with Gasteiger partial charge in [-0.25, -0.2) is 4.39 Å². The molecule has 7 heteroatoms. The monoisotopic (exact) mass is 464 g/mol. The maximum absolute atomic E-state index is 13.1. The Morgan fingerprint density at radius 1 is 1.03 bits per heavy atom. The minimum Gasteiger partial charge on any atom is -0.493 e. The van der Waals surface area contributed by atoms with Gasteiger partial charge < -0.3 is 20.1 Å². The third kappa shape index (κ3) is 5.87. The number of thioether (sulfide) groups is 1. The van der Waals surface area contributed by atoms with Crippen LogP contribution in [0.25, 0.3) is 6.08 Å². The van der Waals surface area contributed by atoms with E-state index < -0.39 is 0 Å². The van der Waals surface area contributed by atoms with Gasteiger partial charge in [-0.05, 0) is 65.6 Å². The fraction of sp³-hybridized carbons (Fsp3) is 0.192. The predicted molar refractivity (Wildman–Crippen MR) is 131 cm³/mol. The average molecular weight is 465 g/mol. The largest absolute Gasteiger partial charge is 0.493 e. The molecule has 4 rings (SSSR count). The van der Waals surface area contributed by atoms with E-state index in [1.807, 2.05) is 30.3 Å². The number of hydrogen-bond donors (Lipinski definition) is 2. The van der Waals surface area contributed by atoms with Gasteiger partial charge in [-0.3, -0.25) is 4.79 Å². The van der Waals surface area contributed by atoms with Crippen molar-refractivity contribution in [3.63, 3.8) is 0 Å². The number of rotatable bonds is 8. The van der Waals surface area contributed by atoms with Crippen molar-refractivity contribution in [3.05, 3.63) is 94.1 Å². The highest BCUT2D eigenvalue weighted by molar-refractivity contribution is 8.05. The average Bonchev–Trinajstić information content (AvgIpc) is 3.17. The van der Waals surface area contributed by atoms with E-state index in [-0.39, 0.29) is 17.2 Å². The van der Waals surface area contributed by atoms with Crippen LogP contribution in [0.5, 0.6) is 11.5 Å². The second kappa shape index (κ2) is 10.4. The number of nitrogens with one attached hydrogen (secondary N) is 2. The Bertz CT molecular complexity index is 1150. The summed E-state index contributed by atoms with van der Waals surface area (Å²) in [6.45, 7) is 2.41. The lowest BCUT2D eigenvalue weighted by Crippen LogP contribution is -2.30. The van der Waals surface area contributed by atoms with Gasteiger partial charge in [0.1, 0.15) is 12.4 Å². The first-order valence-corrected chi connectivity index (χ1v) is 11.5. The van der Waals surface area contributed by atoms with E-state index in [9.17, 15) is 9.18 Å². The zero-order chi connectivity index (χ0) is 23.2. The van der Waals surface area contributed by atoms with E-state index in [0.29, 0.717) is 23.0 Å². The summed E-state index contributed by atoms with van der Waals surface area (Å²) in [6, 6.07) is 19.8. The Morgan fingerprint density at radius 2 is 1.76 bits per heavy atom. The van der Waals surface area contributed by atoms with E-state index in [1.165, 1.54) is 29.5 Å². The summed E-state index contributed by atoms with van der Waals surface area (Å²) in [5.74, 6) is 0.718. The van der Waals surface area contributed by atoms with Gasteiger partial charge in [0, 0.05) is 5.69 Å². The van der Waals surface area contributed by atoms with Crippen molar-refractivity contribution in [1.29, 1.82) is 0 Å². The molecule has 1 atom stereocenters. The summed E-state index contributed by atoms with van der Waals surface area (Å²) in [5.41, 5.74) is 3.66. The molecule has 0 radical (unpaired) electrons. The summed E-state index contributed by atoms with van der Waals surface area (Å²) in [7, 11) is 1.57. The zero-order valence-corrected chi connectivity index (χ0v) is 19.2. The van der Waals surface area contributed by atoms with Crippen LogP contribution >= 0.6 is 11.8 Å². The molecule has 1 aliphatic rings. The van der Waals surface area contributed by atoms with Gasteiger partial charge in [-0.2, -0.15) is 0 Å². The smallest absolute Gasteiger partial charge is 0.260 e. The summed E-state index contributed by atoms with van der Waals surface area (Å²) >= 11 is 1.43. The molecule has 1 saturated heterocycles. The fourth-order valence-electron chi connectivity index (χ4n) is 3.34. The number of anilines is 1. The van der Waals surface area contributed by atoms with Gasteiger partial charge in [0.15, 0.2) is 17.0 Å². The molecule has 5 nitrogen and oxygen atoms in total. The maximum atomic E-state index is 13.1. The number of carbonyl (C=O) groups is 1. The molecule has 0 bridgehead atoms. The van der Waals surface area contributed by atoms with Gasteiger partial charge in [0.25, 0.3) is 5.91 Å². The number of amides is 1. The molecule has 1 fully saturated rings. The third-order valence-corrected chi connectivity index (χ3v) is 6.21. The number of ether oxygens (including phenoxy) is 2.